The second-order valence-electron chi connectivity index (χ2n) is 9.45. The third kappa shape index (κ3) is 6.40. The van der Waals surface area contributed by atoms with Crippen molar-refractivity contribution < 1.29 is 40.3 Å². The Kier molecular flexibility index (Phi) is 8.63. The van der Waals surface area contributed by atoms with Crippen molar-refractivity contribution in [2.45, 2.75) is 16.3 Å². The van der Waals surface area contributed by atoms with Gasteiger partial charge in [-0.15, -0.1) is 11.8 Å². The average molecular weight is 629 g/mol. The molecule has 5 aromatic rings. The molecule has 0 spiro atoms. The van der Waals surface area contributed by atoms with E-state index in [2.05, 4.69) is 5.32 Å². The van der Waals surface area contributed by atoms with Gasteiger partial charge in [0, 0.05) is 16.1 Å². The summed E-state index contributed by atoms with van der Waals surface area (Å²) in [6, 6.07) is 26.7. The summed E-state index contributed by atoms with van der Waals surface area (Å²) in [4.78, 5) is 26.6. The molecular weight excluding hydrogens is 609 g/mol. The van der Waals surface area contributed by atoms with Crippen LogP contribution in [0.5, 0.6) is 0 Å². The average Bonchev–Trinajstić information content (AvgIpc) is 3.00. The number of fused-ring (bicyclic) bond motifs is 1. The lowest BCUT2D eigenvalue weighted by Crippen LogP contribution is -2.23. The van der Waals surface area contributed by atoms with Crippen molar-refractivity contribution in [3.05, 3.63) is 137 Å². The van der Waals surface area contributed by atoms with E-state index in [4.69, 9.17) is 0 Å². The van der Waals surface area contributed by atoms with Gasteiger partial charge in [-0.3, -0.25) is 9.59 Å². The third-order valence-corrected chi connectivity index (χ3v) is 7.74. The number of amides is 2. The molecule has 0 bridgehead atoms. The van der Waals surface area contributed by atoms with Crippen LogP contribution in [-0.2, 0) is 11.0 Å². The van der Waals surface area contributed by atoms with Gasteiger partial charge in [0.05, 0.1) is 0 Å². The monoisotopic (exact) mass is 628 g/mol. The van der Waals surface area contributed by atoms with E-state index in [1.807, 2.05) is 24.3 Å². The predicted octanol–water partition coefficient (Wildman–Crippen LogP) is 9.14. The van der Waals surface area contributed by atoms with E-state index in [-0.39, 0.29) is 0 Å². The topological polar surface area (TPSA) is 58.2 Å². The predicted molar refractivity (Wildman–Crippen MR) is 153 cm³/mol. The Labute approximate surface area is 249 Å². The van der Waals surface area contributed by atoms with Gasteiger partial charge in [0.25, 0.3) is 5.91 Å². The van der Waals surface area contributed by atoms with Crippen LogP contribution in [0, 0.1) is 23.3 Å². The van der Waals surface area contributed by atoms with Crippen LogP contribution >= 0.6 is 11.8 Å². The maximum absolute atomic E-state index is 14.5. The van der Waals surface area contributed by atoms with Gasteiger partial charge >= 0.3 is 6.18 Å². The fourth-order valence-corrected chi connectivity index (χ4v) is 5.48. The highest BCUT2D eigenvalue weighted by atomic mass is 32.2. The van der Waals surface area contributed by atoms with Gasteiger partial charge in [-0.25, -0.2) is 17.6 Å². The largest absolute Gasteiger partial charge is 0.422 e. The molecule has 44 heavy (non-hydrogen) atoms. The fraction of sp³-hybridized carbons (Fsp3) is 0.0625. The zero-order valence-electron chi connectivity index (χ0n) is 22.2. The van der Waals surface area contributed by atoms with E-state index in [1.54, 1.807) is 59.9 Å². The van der Waals surface area contributed by atoms with Crippen molar-refractivity contribution in [2.75, 3.05) is 10.6 Å². The molecular formula is C32H19F7N2O2S. The van der Waals surface area contributed by atoms with Crippen LogP contribution in [-0.4, -0.2) is 11.8 Å². The van der Waals surface area contributed by atoms with E-state index in [9.17, 15) is 40.3 Å². The highest BCUT2D eigenvalue weighted by Crippen LogP contribution is 2.41. The summed E-state index contributed by atoms with van der Waals surface area (Å²) in [6.07, 6.45) is -5.73. The second kappa shape index (κ2) is 12.4. The molecule has 0 aromatic heterocycles. The summed E-state index contributed by atoms with van der Waals surface area (Å²) in [6.45, 7) is 0. The van der Waals surface area contributed by atoms with Gasteiger partial charge in [-0.05, 0) is 46.7 Å². The third-order valence-electron chi connectivity index (χ3n) is 6.49. The molecule has 0 aliphatic carbocycles. The van der Waals surface area contributed by atoms with Crippen LogP contribution in [0.4, 0.5) is 42.1 Å². The van der Waals surface area contributed by atoms with Crippen molar-refractivity contribution in [1.82, 2.24) is 0 Å². The number of benzene rings is 5. The summed E-state index contributed by atoms with van der Waals surface area (Å²) >= 11 is 0.860. The number of carbonyl (C=O) groups excluding carboxylic acids is 2. The van der Waals surface area contributed by atoms with Crippen LogP contribution < -0.4 is 10.6 Å². The number of hydrogen-bond acceptors (Lipinski definition) is 3. The van der Waals surface area contributed by atoms with Crippen LogP contribution in [0.1, 0.15) is 26.7 Å². The summed E-state index contributed by atoms with van der Waals surface area (Å²) in [5, 5.41) is 5.00. The quantitative estimate of drug-likeness (QED) is 0.107. The van der Waals surface area contributed by atoms with Gasteiger partial charge < -0.3 is 10.6 Å². The first kappa shape index (κ1) is 30.6. The summed E-state index contributed by atoms with van der Waals surface area (Å²) in [7, 11) is 0. The number of anilines is 2. The molecule has 1 atom stereocenters. The lowest BCUT2D eigenvalue weighted by Gasteiger charge is -2.19. The molecule has 224 valence electrons. The van der Waals surface area contributed by atoms with Gasteiger partial charge in [0.15, 0.2) is 23.3 Å². The molecule has 0 saturated heterocycles. The molecule has 5 rings (SSSR count). The van der Waals surface area contributed by atoms with Gasteiger partial charge in [-0.1, -0.05) is 66.7 Å². The summed E-state index contributed by atoms with van der Waals surface area (Å²) < 4.78 is 96.4. The Morgan fingerprint density at radius 2 is 1.30 bits per heavy atom. The number of nitrogens with one attached hydrogen (secondary N) is 2. The Balaban J connectivity index is 1.41. The molecule has 1 unspecified atom stereocenters. The Bertz CT molecular complexity index is 1850. The molecule has 0 saturated carbocycles. The number of thioether (sulfide) groups is 1. The standard InChI is InChI=1S/C32H19F7N2O2S/c33-24-23(32(37,38)39)25(34)27(36)28(26(24)35)41-31(43)29(18-8-2-1-3-9-18)44-22-12-6-11-21(16-22)40-30(42)20-14-13-17-7-4-5-10-19(17)15-20/h1-16,29H,(H,40,42)(H,41,43). The van der Waals surface area contributed by atoms with Crippen molar-refractivity contribution in [1.29, 1.82) is 0 Å². The van der Waals surface area contributed by atoms with Crippen LogP contribution in [0.25, 0.3) is 10.8 Å². The first-order valence-electron chi connectivity index (χ1n) is 12.8. The van der Waals surface area contributed by atoms with Crippen LogP contribution in [0.15, 0.2) is 102 Å². The van der Waals surface area contributed by atoms with Crippen LogP contribution in [0.3, 0.4) is 0 Å². The molecule has 2 N–H and O–H groups in total. The van der Waals surface area contributed by atoms with Crippen LogP contribution in [0.2, 0.25) is 0 Å². The van der Waals surface area contributed by atoms with Gasteiger partial charge in [0.2, 0.25) is 5.91 Å². The normalized spacial score (nSPS) is 12.2. The summed E-state index contributed by atoms with van der Waals surface area (Å²) in [5.74, 6) is -11.8. The van der Waals surface area contributed by atoms with E-state index in [1.165, 1.54) is 18.2 Å². The minimum atomic E-state index is -5.73. The first-order chi connectivity index (χ1) is 20.9. The zero-order valence-corrected chi connectivity index (χ0v) is 23.0. The highest BCUT2D eigenvalue weighted by Gasteiger charge is 2.42. The maximum Gasteiger partial charge on any atom is 0.422 e. The highest BCUT2D eigenvalue weighted by molar-refractivity contribution is 8.00. The van der Waals surface area contributed by atoms with Crippen molar-refractivity contribution >= 4 is 45.7 Å². The van der Waals surface area contributed by atoms with E-state index in [0.717, 1.165) is 22.5 Å². The van der Waals surface area contributed by atoms with Crippen molar-refractivity contribution in [3.8, 4) is 0 Å². The fourth-order valence-electron chi connectivity index (χ4n) is 4.40. The molecule has 4 nitrogen and oxygen atoms in total. The van der Waals surface area contributed by atoms with E-state index < -0.39 is 57.8 Å². The minimum Gasteiger partial charge on any atom is -0.322 e. The Morgan fingerprint density at radius 3 is 1.95 bits per heavy atom. The molecule has 0 aliphatic heterocycles. The molecule has 0 fully saturated rings. The molecule has 2 amide bonds. The molecule has 0 heterocycles. The Hall–Kier alpha value is -4.84. The first-order valence-corrected chi connectivity index (χ1v) is 13.7. The second-order valence-corrected chi connectivity index (χ2v) is 10.6. The smallest absolute Gasteiger partial charge is 0.322 e. The number of alkyl halides is 3. The lowest BCUT2D eigenvalue weighted by atomic mass is 10.1. The molecule has 5 aromatic carbocycles. The zero-order chi connectivity index (χ0) is 31.6. The van der Waals surface area contributed by atoms with Gasteiger partial charge in [-0.2, -0.15) is 13.2 Å². The van der Waals surface area contributed by atoms with Crippen molar-refractivity contribution in [2.24, 2.45) is 0 Å². The van der Waals surface area contributed by atoms with Gasteiger partial charge in [0.1, 0.15) is 16.5 Å². The number of carbonyl (C=O) groups is 2. The van der Waals surface area contributed by atoms with E-state index in [0.29, 0.717) is 21.7 Å². The molecule has 0 aliphatic rings. The number of hydrogen-bond donors (Lipinski definition) is 2. The maximum atomic E-state index is 14.5. The molecule has 0 radical (unpaired) electrons. The summed E-state index contributed by atoms with van der Waals surface area (Å²) in [5.41, 5.74) is -3.40. The lowest BCUT2D eigenvalue weighted by molar-refractivity contribution is -0.143. The minimum absolute atomic E-state index is 0.300. The number of halogens is 7. The Morgan fingerprint density at radius 1 is 0.659 bits per heavy atom. The molecule has 12 heteroatoms. The SMILES string of the molecule is O=C(Nc1cccc(SC(C(=O)Nc2c(F)c(F)c(C(F)(F)F)c(F)c2F)c2ccccc2)c1)c1ccc2ccccc2c1. The number of rotatable bonds is 7. The van der Waals surface area contributed by atoms with E-state index >= 15 is 0 Å². The van der Waals surface area contributed by atoms with Crippen molar-refractivity contribution in [3.63, 3.8) is 0 Å².